The third-order valence-electron chi connectivity index (χ3n) is 5.64. The fourth-order valence-corrected chi connectivity index (χ4v) is 5.67. The molecule has 0 amide bonds. The standard InChI is InChI=1S/C22H25FN4O3S/c1-5-8-22(4)20(24)27-21(3,13-31(22,29)30)16-9-15(6-7-17(16)23)10-19(28)18-12-25-14(2)11-26-18/h5-7,9,11-12H,1,8,10,13H2,2-4H3,(H2,24,27)/t21-,22+/m0/s1. The summed E-state index contributed by atoms with van der Waals surface area (Å²) in [5, 5.41) is 0. The smallest absolute Gasteiger partial charge is 0.187 e. The maximum Gasteiger partial charge on any atom is 0.187 e. The zero-order valence-electron chi connectivity index (χ0n) is 17.7. The molecule has 2 aromatic rings. The van der Waals surface area contributed by atoms with Gasteiger partial charge in [-0.3, -0.25) is 14.8 Å². The van der Waals surface area contributed by atoms with Gasteiger partial charge < -0.3 is 5.73 Å². The summed E-state index contributed by atoms with van der Waals surface area (Å²) in [6.45, 7) is 8.39. The summed E-state index contributed by atoms with van der Waals surface area (Å²) in [5.74, 6) is -1.40. The average Bonchev–Trinajstić information content (AvgIpc) is 2.68. The van der Waals surface area contributed by atoms with Crippen molar-refractivity contribution in [2.75, 3.05) is 5.75 Å². The van der Waals surface area contributed by atoms with Gasteiger partial charge in [-0.15, -0.1) is 6.58 Å². The van der Waals surface area contributed by atoms with Gasteiger partial charge >= 0.3 is 0 Å². The lowest BCUT2D eigenvalue weighted by atomic mass is 9.90. The number of carbonyl (C=O) groups is 1. The van der Waals surface area contributed by atoms with Crippen molar-refractivity contribution in [1.82, 2.24) is 9.97 Å². The summed E-state index contributed by atoms with van der Waals surface area (Å²) in [5.41, 5.74) is 6.12. The molecule has 1 aromatic heterocycles. The highest BCUT2D eigenvalue weighted by molar-refractivity contribution is 7.93. The molecule has 1 aliphatic rings. The maximum absolute atomic E-state index is 14.8. The predicted octanol–water partition coefficient (Wildman–Crippen LogP) is 2.69. The molecule has 3 rings (SSSR count). The molecule has 0 spiro atoms. The van der Waals surface area contributed by atoms with Crippen LogP contribution in [0.15, 0.2) is 48.2 Å². The van der Waals surface area contributed by atoms with E-state index in [-0.39, 0.29) is 35.7 Å². The van der Waals surface area contributed by atoms with Gasteiger partial charge in [0.05, 0.1) is 17.6 Å². The Hall–Kier alpha value is -2.94. The summed E-state index contributed by atoms with van der Waals surface area (Å²) in [4.78, 5) is 25.1. The number of rotatable bonds is 6. The number of hydrogen-bond donors (Lipinski definition) is 1. The summed E-state index contributed by atoms with van der Waals surface area (Å²) in [6, 6.07) is 4.16. The molecule has 0 fully saturated rings. The molecule has 2 N–H and O–H groups in total. The monoisotopic (exact) mass is 444 g/mol. The quantitative estimate of drug-likeness (QED) is 0.541. The molecule has 0 saturated heterocycles. The minimum atomic E-state index is -3.77. The van der Waals surface area contributed by atoms with Crippen LogP contribution < -0.4 is 5.73 Å². The average molecular weight is 445 g/mol. The Morgan fingerprint density at radius 1 is 1.29 bits per heavy atom. The van der Waals surface area contributed by atoms with Gasteiger partial charge in [-0.1, -0.05) is 12.1 Å². The number of carbonyl (C=O) groups excluding carboxylic acids is 1. The van der Waals surface area contributed by atoms with Gasteiger partial charge in [-0.25, -0.2) is 17.8 Å². The van der Waals surface area contributed by atoms with Crippen LogP contribution in [0.25, 0.3) is 0 Å². The molecule has 0 unspecified atom stereocenters. The first-order chi connectivity index (χ1) is 14.4. The van der Waals surface area contributed by atoms with Crippen LogP contribution in [0.3, 0.4) is 0 Å². The van der Waals surface area contributed by atoms with E-state index < -0.39 is 31.7 Å². The van der Waals surface area contributed by atoms with Crippen molar-refractivity contribution in [2.45, 2.75) is 43.9 Å². The second-order valence-corrected chi connectivity index (χ2v) is 10.6. The van der Waals surface area contributed by atoms with E-state index in [0.29, 0.717) is 11.3 Å². The molecule has 2 heterocycles. The highest BCUT2D eigenvalue weighted by atomic mass is 32.2. The summed E-state index contributed by atoms with van der Waals surface area (Å²) in [7, 11) is -3.77. The van der Waals surface area contributed by atoms with Crippen LogP contribution in [0, 0.1) is 12.7 Å². The number of benzene rings is 1. The van der Waals surface area contributed by atoms with Crippen molar-refractivity contribution < 1.29 is 17.6 Å². The summed E-state index contributed by atoms with van der Waals surface area (Å²) >= 11 is 0. The lowest BCUT2D eigenvalue weighted by Gasteiger charge is -2.39. The number of ketones is 1. The van der Waals surface area contributed by atoms with E-state index in [1.54, 1.807) is 6.92 Å². The molecule has 1 aliphatic heterocycles. The van der Waals surface area contributed by atoms with Crippen molar-refractivity contribution in [1.29, 1.82) is 0 Å². The van der Waals surface area contributed by atoms with Crippen molar-refractivity contribution in [3.8, 4) is 0 Å². The molecular weight excluding hydrogens is 419 g/mol. The number of aromatic nitrogens is 2. The van der Waals surface area contributed by atoms with Gasteiger partial charge in [0.25, 0.3) is 0 Å². The van der Waals surface area contributed by atoms with Gasteiger partial charge in [-0.05, 0) is 44.9 Å². The number of amidine groups is 1. The van der Waals surface area contributed by atoms with Crippen LogP contribution in [-0.4, -0.2) is 40.5 Å². The molecule has 0 aliphatic carbocycles. The Kier molecular flexibility index (Phi) is 5.84. The van der Waals surface area contributed by atoms with Crippen molar-refractivity contribution >= 4 is 21.5 Å². The molecule has 0 saturated carbocycles. The lowest BCUT2D eigenvalue weighted by molar-refractivity contribution is 0.0987. The second-order valence-electron chi connectivity index (χ2n) is 8.21. The molecular formula is C22H25FN4O3S. The molecule has 7 nitrogen and oxygen atoms in total. The zero-order valence-corrected chi connectivity index (χ0v) is 18.5. The number of halogens is 1. The topological polar surface area (TPSA) is 115 Å². The van der Waals surface area contributed by atoms with E-state index in [9.17, 15) is 17.6 Å². The summed E-state index contributed by atoms with van der Waals surface area (Å²) < 4.78 is 39.6. The third kappa shape index (κ3) is 4.14. The highest BCUT2D eigenvalue weighted by Crippen LogP contribution is 2.39. The van der Waals surface area contributed by atoms with Gasteiger partial charge in [0.15, 0.2) is 15.6 Å². The largest absolute Gasteiger partial charge is 0.386 e. The Morgan fingerprint density at radius 2 is 2.00 bits per heavy atom. The number of nitrogens with zero attached hydrogens (tertiary/aromatic N) is 3. The number of hydrogen-bond acceptors (Lipinski definition) is 7. The molecule has 31 heavy (non-hydrogen) atoms. The van der Waals surface area contributed by atoms with E-state index in [1.807, 2.05) is 0 Å². The minimum Gasteiger partial charge on any atom is -0.386 e. The zero-order chi connectivity index (χ0) is 23.0. The van der Waals surface area contributed by atoms with E-state index in [1.165, 1.54) is 50.5 Å². The molecule has 0 radical (unpaired) electrons. The normalized spacial score (nSPS) is 25.0. The van der Waals surface area contributed by atoms with Crippen LogP contribution in [0.1, 0.15) is 47.6 Å². The van der Waals surface area contributed by atoms with Crippen LogP contribution in [0.4, 0.5) is 4.39 Å². The number of Topliss-reactive ketones (excluding diaryl/α,β-unsaturated/α-hetero) is 1. The number of aryl methyl sites for hydroxylation is 1. The van der Waals surface area contributed by atoms with Crippen LogP contribution in [0.2, 0.25) is 0 Å². The molecule has 164 valence electrons. The van der Waals surface area contributed by atoms with Crippen LogP contribution >= 0.6 is 0 Å². The van der Waals surface area contributed by atoms with Crippen LogP contribution in [-0.2, 0) is 21.8 Å². The summed E-state index contributed by atoms with van der Waals surface area (Å²) in [6.07, 6.45) is 4.43. The second kappa shape index (κ2) is 7.96. The first kappa shape index (κ1) is 22.7. The van der Waals surface area contributed by atoms with Gasteiger partial charge in [0, 0.05) is 18.2 Å². The first-order valence-corrected chi connectivity index (χ1v) is 11.4. The fraction of sp³-hybridized carbons (Fsp3) is 0.364. The van der Waals surface area contributed by atoms with E-state index in [0.717, 1.165) is 0 Å². The lowest BCUT2D eigenvalue weighted by Crippen LogP contribution is -2.56. The van der Waals surface area contributed by atoms with Crippen molar-refractivity contribution in [3.63, 3.8) is 0 Å². The molecule has 1 aromatic carbocycles. The highest BCUT2D eigenvalue weighted by Gasteiger charge is 2.51. The van der Waals surface area contributed by atoms with Crippen molar-refractivity contribution in [2.24, 2.45) is 10.7 Å². The van der Waals surface area contributed by atoms with Gasteiger partial charge in [0.1, 0.15) is 27.6 Å². The Morgan fingerprint density at radius 3 is 2.58 bits per heavy atom. The fourth-order valence-electron chi connectivity index (χ4n) is 3.66. The van der Waals surface area contributed by atoms with Gasteiger partial charge in [0.2, 0.25) is 0 Å². The van der Waals surface area contributed by atoms with E-state index >= 15 is 0 Å². The SMILES string of the molecule is C=CC[C@]1(C)C(N)=N[C@](C)(c2cc(CC(=O)c3cnc(C)cn3)ccc2F)CS1(=O)=O. The van der Waals surface area contributed by atoms with E-state index in [4.69, 9.17) is 5.73 Å². The third-order valence-corrected chi connectivity index (χ3v) is 8.33. The Balaban J connectivity index is 1.99. The van der Waals surface area contributed by atoms with Crippen molar-refractivity contribution in [3.05, 3.63) is 71.6 Å². The predicted molar refractivity (Wildman–Crippen MR) is 117 cm³/mol. The Bertz CT molecular complexity index is 1180. The molecule has 2 atom stereocenters. The minimum absolute atomic E-state index is 0.0404. The number of nitrogens with two attached hydrogens (primary N) is 1. The molecule has 9 heteroatoms. The molecule has 0 bridgehead atoms. The van der Waals surface area contributed by atoms with E-state index in [2.05, 4.69) is 21.5 Å². The van der Waals surface area contributed by atoms with Crippen LogP contribution in [0.5, 0.6) is 0 Å². The maximum atomic E-state index is 14.8. The first-order valence-electron chi connectivity index (χ1n) is 9.71. The Labute approximate surface area is 181 Å². The number of aliphatic imine (C=N–C) groups is 1. The number of sulfone groups is 1. The van der Waals surface area contributed by atoms with Gasteiger partial charge in [-0.2, -0.15) is 0 Å². The number of allylic oxidation sites excluding steroid dienone is 1.